The normalized spacial score (nSPS) is 11.7. The number of nitrogens with zero attached hydrogens (tertiary/aromatic N) is 4. The van der Waals surface area contributed by atoms with E-state index >= 15 is 0 Å². The number of hydrogen-bond donors (Lipinski definition) is 8. The third-order valence-corrected chi connectivity index (χ3v) is 9.12. The lowest BCUT2D eigenvalue weighted by Gasteiger charge is -2.29. The van der Waals surface area contributed by atoms with Crippen molar-refractivity contribution < 1.29 is 34.3 Å². The lowest BCUT2D eigenvalue weighted by atomic mass is 9.82. The Bertz CT molecular complexity index is 1220. The molecule has 0 aliphatic rings. The number of unbranched alkanes of at least 4 members (excludes halogenated alkanes) is 1. The number of fused-ring (bicyclic) bond motifs is 1. The van der Waals surface area contributed by atoms with Gasteiger partial charge in [-0.25, -0.2) is 4.39 Å². The molecule has 0 atom stereocenters. The first kappa shape index (κ1) is 44.2. The quantitative estimate of drug-likeness (QED) is 0.0464. The maximum Gasteiger partial charge on any atom is 0.376 e. The Kier molecular flexibility index (Phi) is 21.5. The fourth-order valence-electron chi connectivity index (χ4n) is 6.16. The highest BCUT2D eigenvalue weighted by atomic mass is 19.1. The van der Waals surface area contributed by atoms with Crippen molar-refractivity contribution in [3.63, 3.8) is 0 Å². The van der Waals surface area contributed by atoms with E-state index in [-0.39, 0.29) is 18.1 Å². The predicted octanol–water partition coefficient (Wildman–Crippen LogP) is 0.655. The molecule has 0 spiro atoms. The summed E-state index contributed by atoms with van der Waals surface area (Å²) in [6.45, 7) is 15.3. The van der Waals surface area contributed by atoms with Crippen molar-refractivity contribution in [2.75, 3.05) is 65.4 Å². The number of rotatable bonds is 28. The molecule has 278 valence electrons. The molecule has 0 unspecified atom stereocenters. The molecule has 0 saturated heterocycles. The Morgan fingerprint density at radius 2 is 1.12 bits per heavy atom. The molecular weight excluding hydrogens is 639 g/mol. The Hall–Kier alpha value is -1.92. The SMILES string of the molecule is CB(O)NCCCN(CCCCN(CCCN(CCCN(CCCNC(=O)Cc1c[nH]c2ccc(F)cc12)B(C)O)B(C)O)B(C)O)B(C)O. The van der Waals surface area contributed by atoms with E-state index in [9.17, 15) is 34.3 Å². The number of carbonyl (C=O) groups excluding carboxylic acids is 1. The van der Waals surface area contributed by atoms with E-state index in [0.717, 1.165) is 62.8 Å². The number of aromatic amines is 1. The summed E-state index contributed by atoms with van der Waals surface area (Å²) >= 11 is 0. The van der Waals surface area contributed by atoms with Gasteiger partial charge in [0.25, 0.3) is 0 Å². The molecule has 0 aliphatic carbocycles. The lowest BCUT2D eigenvalue weighted by Crippen LogP contribution is -2.44. The van der Waals surface area contributed by atoms with E-state index in [4.69, 9.17) is 0 Å². The van der Waals surface area contributed by atoms with Gasteiger partial charge in [0.05, 0.1) is 6.42 Å². The van der Waals surface area contributed by atoms with Crippen molar-refractivity contribution in [1.82, 2.24) is 34.8 Å². The summed E-state index contributed by atoms with van der Waals surface area (Å²) in [5.74, 6) is -0.482. The van der Waals surface area contributed by atoms with Crippen molar-refractivity contribution >= 4 is 52.1 Å². The minimum absolute atomic E-state index is 0.141. The largest absolute Gasteiger partial charge is 0.437 e. The van der Waals surface area contributed by atoms with Gasteiger partial charge in [-0.1, -0.05) is 0 Å². The van der Waals surface area contributed by atoms with Gasteiger partial charge in [0, 0.05) is 23.6 Å². The van der Waals surface area contributed by atoms with E-state index in [1.54, 1.807) is 46.4 Å². The van der Waals surface area contributed by atoms with Crippen LogP contribution in [0.3, 0.4) is 0 Å². The fourth-order valence-corrected chi connectivity index (χ4v) is 6.16. The number of aromatic nitrogens is 1. The van der Waals surface area contributed by atoms with E-state index in [1.807, 2.05) is 19.2 Å². The minimum atomic E-state index is -0.647. The van der Waals surface area contributed by atoms with Crippen molar-refractivity contribution in [3.05, 3.63) is 35.8 Å². The van der Waals surface area contributed by atoms with Crippen LogP contribution in [0.1, 0.15) is 44.1 Å². The highest BCUT2D eigenvalue weighted by Gasteiger charge is 2.21. The lowest BCUT2D eigenvalue weighted by molar-refractivity contribution is -0.120. The molecule has 1 aromatic carbocycles. The Morgan fingerprint density at radius 3 is 1.58 bits per heavy atom. The molecule has 1 heterocycles. The van der Waals surface area contributed by atoms with Crippen LogP contribution in [-0.4, -0.2) is 156 Å². The average Bonchev–Trinajstić information content (AvgIpc) is 3.43. The van der Waals surface area contributed by atoms with Gasteiger partial charge in [-0.15, -0.1) is 0 Å². The number of nitrogens with one attached hydrogen (secondary N) is 3. The summed E-state index contributed by atoms with van der Waals surface area (Å²) < 4.78 is 13.7. The van der Waals surface area contributed by atoms with Crippen LogP contribution in [-0.2, 0) is 11.2 Å². The molecule has 0 bridgehead atoms. The molecule has 0 radical (unpaired) electrons. The van der Waals surface area contributed by atoms with E-state index in [2.05, 4.69) is 15.5 Å². The van der Waals surface area contributed by atoms with Crippen molar-refractivity contribution in [2.24, 2.45) is 0 Å². The van der Waals surface area contributed by atoms with Gasteiger partial charge in [-0.2, -0.15) is 0 Å². The molecule has 50 heavy (non-hydrogen) atoms. The Labute approximate surface area is 301 Å². The second-order valence-corrected chi connectivity index (χ2v) is 13.5. The molecule has 0 saturated carbocycles. The van der Waals surface area contributed by atoms with Crippen LogP contribution in [0.15, 0.2) is 24.4 Å². The van der Waals surface area contributed by atoms with Crippen LogP contribution in [0.2, 0.25) is 34.1 Å². The standard InChI is InChI=1S/C31H61B5FN7O6/c1-32(46)40-15-9-19-41(33(2)47)16-6-7-17-42(34(3)48)20-10-22-44(36(5)50)23-11-21-43(35(4)49)18-8-14-38-31(45)24-27-26-39-30-13-12-28(37)25-29(27)30/h12-13,25-26,39-40,46-50H,6-11,14-24H2,1-5H3,(H,38,45). The zero-order valence-electron chi connectivity index (χ0n) is 31.0. The topological polar surface area (TPSA) is 171 Å². The zero-order chi connectivity index (χ0) is 37.1. The van der Waals surface area contributed by atoms with Gasteiger partial charge >= 0.3 is 35.3 Å². The van der Waals surface area contributed by atoms with Crippen LogP contribution < -0.4 is 10.5 Å². The third kappa shape index (κ3) is 17.5. The number of carbonyl (C=O) groups is 1. The molecule has 1 aromatic heterocycles. The van der Waals surface area contributed by atoms with Gasteiger partial charge in [-0.05, 0) is 155 Å². The first-order valence-electron chi connectivity index (χ1n) is 18.4. The Morgan fingerprint density at radius 1 is 0.680 bits per heavy atom. The van der Waals surface area contributed by atoms with Crippen LogP contribution in [0.5, 0.6) is 0 Å². The van der Waals surface area contributed by atoms with Crippen LogP contribution in [0.4, 0.5) is 4.39 Å². The number of halogens is 1. The molecule has 13 nitrogen and oxygen atoms in total. The first-order chi connectivity index (χ1) is 23.8. The summed E-state index contributed by atoms with van der Waals surface area (Å²) in [6.07, 6.45) is 6.66. The third-order valence-electron chi connectivity index (χ3n) is 9.12. The maximum atomic E-state index is 13.7. The summed E-state index contributed by atoms with van der Waals surface area (Å²) in [6, 6.07) is 4.47. The monoisotopic (exact) mass is 702 g/mol. The Balaban J connectivity index is 1.68. The van der Waals surface area contributed by atoms with Crippen LogP contribution in [0, 0.1) is 5.82 Å². The number of amides is 1. The molecular formula is C31H61B5FN7O6. The van der Waals surface area contributed by atoms with Crippen LogP contribution >= 0.6 is 0 Å². The van der Waals surface area contributed by atoms with Crippen molar-refractivity contribution in [1.29, 1.82) is 0 Å². The molecule has 8 N–H and O–H groups in total. The van der Waals surface area contributed by atoms with Crippen molar-refractivity contribution in [2.45, 2.75) is 79.1 Å². The molecule has 1 amide bonds. The van der Waals surface area contributed by atoms with E-state index in [0.29, 0.717) is 57.6 Å². The predicted molar refractivity (Wildman–Crippen MR) is 206 cm³/mol. The second-order valence-electron chi connectivity index (χ2n) is 13.5. The highest BCUT2D eigenvalue weighted by molar-refractivity contribution is 6.46. The van der Waals surface area contributed by atoms with Gasteiger partial charge in [0.15, 0.2) is 0 Å². The molecule has 2 rings (SSSR count). The first-order valence-corrected chi connectivity index (χ1v) is 18.4. The van der Waals surface area contributed by atoms with Gasteiger partial charge in [0.1, 0.15) is 5.82 Å². The summed E-state index contributed by atoms with van der Waals surface area (Å²) in [7, 11) is -2.94. The van der Waals surface area contributed by atoms with Crippen LogP contribution in [0.25, 0.3) is 10.9 Å². The maximum absolute atomic E-state index is 13.7. The zero-order valence-corrected chi connectivity index (χ0v) is 31.0. The van der Waals surface area contributed by atoms with Crippen molar-refractivity contribution in [3.8, 4) is 0 Å². The second kappa shape index (κ2) is 24.3. The number of H-pyrrole nitrogens is 1. The minimum Gasteiger partial charge on any atom is -0.437 e. The molecule has 0 fully saturated rings. The highest BCUT2D eigenvalue weighted by Crippen LogP contribution is 2.19. The molecule has 19 heteroatoms. The summed E-state index contributed by atoms with van der Waals surface area (Å²) in [5.41, 5.74) is 1.53. The smallest absolute Gasteiger partial charge is 0.376 e. The summed E-state index contributed by atoms with van der Waals surface area (Å²) in [5, 5.41) is 57.2. The number of benzene rings is 1. The summed E-state index contributed by atoms with van der Waals surface area (Å²) in [4.78, 5) is 23.6. The average molecular weight is 701 g/mol. The fraction of sp³-hybridized carbons (Fsp3) is 0.710. The van der Waals surface area contributed by atoms with Gasteiger partial charge in [-0.3, -0.25) is 4.79 Å². The van der Waals surface area contributed by atoms with E-state index in [1.165, 1.54) is 12.1 Å². The van der Waals surface area contributed by atoms with Gasteiger partial charge in [0.2, 0.25) is 5.91 Å². The van der Waals surface area contributed by atoms with Gasteiger partial charge < -0.3 is 59.9 Å². The number of hydrogen-bond acceptors (Lipinski definition) is 11. The molecule has 0 aliphatic heterocycles. The van der Waals surface area contributed by atoms with E-state index < -0.39 is 35.3 Å². The molecule has 2 aromatic rings.